The molecule has 1 unspecified atom stereocenters. The normalized spacial score (nSPS) is 12.3. The summed E-state index contributed by atoms with van der Waals surface area (Å²) < 4.78 is 25.7. The van der Waals surface area contributed by atoms with E-state index in [-0.39, 0.29) is 11.9 Å². The van der Waals surface area contributed by atoms with Crippen LogP contribution < -0.4 is 14.9 Å². The van der Waals surface area contributed by atoms with E-state index in [1.165, 1.54) is 19.1 Å². The van der Waals surface area contributed by atoms with Crippen molar-refractivity contribution in [3.8, 4) is 0 Å². The summed E-state index contributed by atoms with van der Waals surface area (Å²) in [5.41, 5.74) is 0.900. The number of anilines is 2. The number of rotatable bonds is 7. The molecule has 0 saturated carbocycles. The number of carbonyl (C=O) groups excluding carboxylic acids is 2. The molecule has 0 fully saturated rings. The largest absolute Gasteiger partial charge is 0.350 e. The Hall–Kier alpha value is -2.58. The molecule has 2 aromatic rings. The molecule has 7 nitrogen and oxygen atoms in total. The van der Waals surface area contributed by atoms with E-state index in [0.29, 0.717) is 22.0 Å². The van der Waals surface area contributed by atoms with Gasteiger partial charge in [-0.15, -0.1) is 0 Å². The van der Waals surface area contributed by atoms with Gasteiger partial charge < -0.3 is 10.6 Å². The van der Waals surface area contributed by atoms with Gasteiger partial charge in [-0.3, -0.25) is 13.9 Å². The van der Waals surface area contributed by atoms with Crippen molar-refractivity contribution >= 4 is 44.8 Å². The summed E-state index contributed by atoms with van der Waals surface area (Å²) in [5.74, 6) is -0.906. The quantitative estimate of drug-likeness (QED) is 0.694. The minimum atomic E-state index is -3.76. The standard InChI is InChI=1S/C20H24ClN3O4S/c1-13(2)22-20(26)17-7-5-6-8-18(17)23-19(25)14(3)24(29(4,27)28)16-11-9-15(21)10-12-16/h5-14H,1-4H3,(H,22,26)(H,23,25). The maximum Gasteiger partial charge on any atom is 0.253 e. The summed E-state index contributed by atoms with van der Waals surface area (Å²) in [6.07, 6.45) is 1.02. The number of amides is 2. The highest BCUT2D eigenvalue weighted by atomic mass is 35.5. The Morgan fingerprint density at radius 1 is 1.00 bits per heavy atom. The smallest absolute Gasteiger partial charge is 0.253 e. The summed E-state index contributed by atoms with van der Waals surface area (Å²) in [6, 6.07) is 11.6. The van der Waals surface area contributed by atoms with Crippen LogP contribution in [-0.2, 0) is 14.8 Å². The molecule has 1 atom stereocenters. The lowest BCUT2D eigenvalue weighted by Gasteiger charge is -2.28. The zero-order chi connectivity index (χ0) is 21.8. The van der Waals surface area contributed by atoms with Gasteiger partial charge in [-0.2, -0.15) is 0 Å². The summed E-state index contributed by atoms with van der Waals surface area (Å²) in [6.45, 7) is 5.14. The average molecular weight is 438 g/mol. The minimum Gasteiger partial charge on any atom is -0.350 e. The van der Waals surface area contributed by atoms with Gasteiger partial charge in [0.15, 0.2) is 0 Å². The fourth-order valence-electron chi connectivity index (χ4n) is 2.76. The van der Waals surface area contributed by atoms with Gasteiger partial charge in [0.05, 0.1) is 23.2 Å². The first-order valence-corrected chi connectivity index (χ1v) is 11.2. The summed E-state index contributed by atoms with van der Waals surface area (Å²) in [4.78, 5) is 25.3. The first-order chi connectivity index (χ1) is 13.5. The molecule has 0 heterocycles. The second kappa shape index (κ2) is 9.28. The van der Waals surface area contributed by atoms with Crippen LogP contribution >= 0.6 is 11.6 Å². The lowest BCUT2D eigenvalue weighted by atomic mass is 10.1. The zero-order valence-corrected chi connectivity index (χ0v) is 18.2. The van der Waals surface area contributed by atoms with E-state index >= 15 is 0 Å². The van der Waals surface area contributed by atoms with Crippen LogP contribution in [0.1, 0.15) is 31.1 Å². The number of sulfonamides is 1. The maximum absolute atomic E-state index is 12.9. The number of nitrogens with one attached hydrogen (secondary N) is 2. The van der Waals surface area contributed by atoms with Gasteiger partial charge in [0.2, 0.25) is 15.9 Å². The van der Waals surface area contributed by atoms with Crippen molar-refractivity contribution in [2.75, 3.05) is 15.9 Å². The fraction of sp³-hybridized carbons (Fsp3) is 0.300. The Balaban J connectivity index is 2.32. The van der Waals surface area contributed by atoms with Crippen LogP contribution in [0.15, 0.2) is 48.5 Å². The third kappa shape index (κ3) is 5.95. The lowest BCUT2D eigenvalue weighted by molar-refractivity contribution is -0.116. The van der Waals surface area contributed by atoms with Crippen molar-refractivity contribution in [2.45, 2.75) is 32.9 Å². The minimum absolute atomic E-state index is 0.0733. The number of hydrogen-bond donors (Lipinski definition) is 2. The average Bonchev–Trinajstić information content (AvgIpc) is 2.62. The van der Waals surface area contributed by atoms with Crippen molar-refractivity contribution in [3.63, 3.8) is 0 Å². The van der Waals surface area contributed by atoms with Gasteiger partial charge in [-0.25, -0.2) is 8.42 Å². The van der Waals surface area contributed by atoms with Crippen LogP contribution in [-0.4, -0.2) is 38.6 Å². The lowest BCUT2D eigenvalue weighted by Crippen LogP contribution is -2.45. The van der Waals surface area contributed by atoms with E-state index in [0.717, 1.165) is 10.6 Å². The number of benzene rings is 2. The van der Waals surface area contributed by atoms with Gasteiger partial charge >= 0.3 is 0 Å². The predicted octanol–water partition coefficient (Wildman–Crippen LogP) is 3.27. The molecule has 2 N–H and O–H groups in total. The first kappa shape index (κ1) is 22.7. The van der Waals surface area contributed by atoms with Crippen molar-refractivity contribution in [1.29, 1.82) is 0 Å². The Morgan fingerprint density at radius 3 is 2.14 bits per heavy atom. The van der Waals surface area contributed by atoms with E-state index in [2.05, 4.69) is 10.6 Å². The molecule has 9 heteroatoms. The van der Waals surface area contributed by atoms with E-state index in [4.69, 9.17) is 11.6 Å². The number of hydrogen-bond acceptors (Lipinski definition) is 4. The summed E-state index contributed by atoms with van der Waals surface area (Å²) in [7, 11) is -3.76. The van der Waals surface area contributed by atoms with Crippen LogP contribution in [0, 0.1) is 0 Å². The van der Waals surface area contributed by atoms with Crippen LogP contribution in [0.2, 0.25) is 5.02 Å². The Kier molecular flexibility index (Phi) is 7.26. The van der Waals surface area contributed by atoms with E-state index in [1.54, 1.807) is 36.4 Å². The molecule has 0 aliphatic heterocycles. The summed E-state index contributed by atoms with van der Waals surface area (Å²) >= 11 is 5.88. The number of halogens is 1. The second-order valence-electron chi connectivity index (χ2n) is 6.87. The second-order valence-corrected chi connectivity index (χ2v) is 9.17. The van der Waals surface area contributed by atoms with Crippen LogP contribution in [0.25, 0.3) is 0 Å². The molecule has 2 amide bonds. The zero-order valence-electron chi connectivity index (χ0n) is 16.6. The molecule has 2 aromatic carbocycles. The molecule has 0 aromatic heterocycles. The highest BCUT2D eigenvalue weighted by molar-refractivity contribution is 7.92. The molecule has 0 aliphatic carbocycles. The third-order valence-electron chi connectivity index (χ3n) is 4.02. The Labute approximate surface area is 176 Å². The predicted molar refractivity (Wildman–Crippen MR) is 116 cm³/mol. The van der Waals surface area contributed by atoms with Crippen LogP contribution in [0.5, 0.6) is 0 Å². The molecule has 0 bridgehead atoms. The van der Waals surface area contributed by atoms with Crippen LogP contribution in [0.3, 0.4) is 0 Å². The number of carbonyl (C=O) groups is 2. The molecule has 0 aliphatic rings. The Bertz CT molecular complexity index is 991. The van der Waals surface area contributed by atoms with Gasteiger partial charge in [0.25, 0.3) is 5.91 Å². The molecule has 29 heavy (non-hydrogen) atoms. The van der Waals surface area contributed by atoms with Crippen LogP contribution in [0.4, 0.5) is 11.4 Å². The van der Waals surface area contributed by atoms with Gasteiger partial charge in [-0.05, 0) is 57.2 Å². The number of nitrogens with zero attached hydrogens (tertiary/aromatic N) is 1. The van der Waals surface area contributed by atoms with Gasteiger partial charge in [-0.1, -0.05) is 23.7 Å². The van der Waals surface area contributed by atoms with Crippen molar-refractivity contribution in [1.82, 2.24) is 5.32 Å². The number of para-hydroxylation sites is 1. The van der Waals surface area contributed by atoms with Crippen molar-refractivity contribution in [3.05, 3.63) is 59.1 Å². The monoisotopic (exact) mass is 437 g/mol. The van der Waals surface area contributed by atoms with E-state index in [1.807, 2.05) is 13.8 Å². The summed E-state index contributed by atoms with van der Waals surface area (Å²) in [5, 5.41) is 5.89. The van der Waals surface area contributed by atoms with E-state index in [9.17, 15) is 18.0 Å². The third-order valence-corrected chi connectivity index (χ3v) is 5.51. The molecule has 2 rings (SSSR count). The highest BCUT2D eigenvalue weighted by Gasteiger charge is 2.29. The molecule has 156 valence electrons. The highest BCUT2D eigenvalue weighted by Crippen LogP contribution is 2.24. The fourth-order valence-corrected chi connectivity index (χ4v) is 4.06. The SMILES string of the molecule is CC(C)NC(=O)c1ccccc1NC(=O)C(C)N(c1ccc(Cl)cc1)S(C)(=O)=O. The van der Waals surface area contributed by atoms with Gasteiger partial charge in [0, 0.05) is 11.1 Å². The molecular formula is C20H24ClN3O4S. The van der Waals surface area contributed by atoms with Gasteiger partial charge in [0.1, 0.15) is 6.04 Å². The van der Waals surface area contributed by atoms with E-state index < -0.39 is 22.0 Å². The van der Waals surface area contributed by atoms with Crippen molar-refractivity contribution in [2.24, 2.45) is 0 Å². The van der Waals surface area contributed by atoms with Crippen molar-refractivity contribution < 1.29 is 18.0 Å². The molecule has 0 saturated heterocycles. The maximum atomic E-state index is 12.9. The first-order valence-electron chi connectivity index (χ1n) is 8.96. The molecule has 0 radical (unpaired) electrons. The topological polar surface area (TPSA) is 95.6 Å². The Morgan fingerprint density at radius 2 is 1.59 bits per heavy atom. The molecule has 0 spiro atoms. The molecular weight excluding hydrogens is 414 g/mol.